The third-order valence-electron chi connectivity index (χ3n) is 2.13. The van der Waals surface area contributed by atoms with Crippen LogP contribution in [0.4, 0.5) is 0 Å². The minimum atomic E-state index is -0.992. The molecule has 1 rings (SSSR count). The number of carboxylic acid groups (broad SMARTS) is 1. The van der Waals surface area contributed by atoms with Crippen LogP contribution in [0.5, 0.6) is 0 Å². The number of hydrogen-bond acceptors (Lipinski definition) is 4. The highest BCUT2D eigenvalue weighted by atomic mass is 16.4. The zero-order chi connectivity index (χ0) is 12.0. The van der Waals surface area contributed by atoms with Crippen molar-refractivity contribution in [1.29, 1.82) is 0 Å². The molecule has 1 unspecified atom stereocenters. The van der Waals surface area contributed by atoms with E-state index in [2.05, 4.69) is 10.3 Å². The van der Waals surface area contributed by atoms with Gasteiger partial charge in [0.2, 0.25) is 0 Å². The maximum atomic E-state index is 11.2. The summed E-state index contributed by atoms with van der Waals surface area (Å²) >= 11 is 0. The number of rotatable bonds is 6. The molecule has 0 bridgehead atoms. The van der Waals surface area contributed by atoms with Gasteiger partial charge in [-0.25, -0.2) is 0 Å². The fraction of sp³-hybridized carbons (Fsp3) is 0.364. The lowest BCUT2D eigenvalue weighted by atomic mass is 10.1. The average Bonchev–Trinajstić information content (AvgIpc) is 2.25. The molecule has 86 valence electrons. The van der Waals surface area contributed by atoms with Crippen molar-refractivity contribution in [3.8, 4) is 0 Å². The van der Waals surface area contributed by atoms with Gasteiger partial charge in [0, 0.05) is 12.7 Å². The highest BCUT2D eigenvalue weighted by Crippen LogP contribution is 1.98. The molecule has 1 heterocycles. The number of nitrogens with one attached hydrogen (secondary N) is 1. The van der Waals surface area contributed by atoms with Crippen LogP contribution in [0.15, 0.2) is 24.4 Å². The first kappa shape index (κ1) is 12.3. The van der Waals surface area contributed by atoms with Crippen LogP contribution in [0.3, 0.4) is 0 Å². The Morgan fingerprint density at radius 3 is 2.75 bits per heavy atom. The number of carboxylic acids is 1. The van der Waals surface area contributed by atoms with Gasteiger partial charge in [0.15, 0.2) is 0 Å². The first-order valence-corrected chi connectivity index (χ1v) is 4.95. The van der Waals surface area contributed by atoms with Crippen LogP contribution in [-0.2, 0) is 16.1 Å². The van der Waals surface area contributed by atoms with Crippen LogP contribution in [0.1, 0.15) is 19.0 Å². The van der Waals surface area contributed by atoms with E-state index in [1.165, 1.54) is 6.92 Å². The number of aromatic nitrogens is 1. The minimum absolute atomic E-state index is 0.182. The van der Waals surface area contributed by atoms with Crippen molar-refractivity contribution in [1.82, 2.24) is 10.3 Å². The number of carbonyl (C=O) groups excluding carboxylic acids is 1. The van der Waals surface area contributed by atoms with E-state index in [4.69, 9.17) is 5.11 Å². The molecule has 5 nitrogen and oxygen atoms in total. The third-order valence-corrected chi connectivity index (χ3v) is 2.13. The number of pyridine rings is 1. The fourth-order valence-electron chi connectivity index (χ4n) is 1.26. The Bertz CT molecular complexity index is 365. The Morgan fingerprint density at radius 1 is 1.50 bits per heavy atom. The van der Waals surface area contributed by atoms with Gasteiger partial charge in [0.05, 0.1) is 18.2 Å². The summed E-state index contributed by atoms with van der Waals surface area (Å²) in [4.78, 5) is 25.7. The van der Waals surface area contributed by atoms with Crippen molar-refractivity contribution in [3.05, 3.63) is 30.1 Å². The molecule has 0 aliphatic carbocycles. The summed E-state index contributed by atoms with van der Waals surface area (Å²) in [5.74, 6) is -1.17. The smallest absolute Gasteiger partial charge is 0.305 e. The molecule has 0 saturated heterocycles. The summed E-state index contributed by atoms with van der Waals surface area (Å²) in [6.07, 6.45) is 1.44. The first-order chi connectivity index (χ1) is 7.59. The highest BCUT2D eigenvalue weighted by molar-refractivity contribution is 5.85. The Morgan fingerprint density at radius 2 is 2.25 bits per heavy atom. The van der Waals surface area contributed by atoms with Gasteiger partial charge in [-0.2, -0.15) is 0 Å². The zero-order valence-corrected chi connectivity index (χ0v) is 9.01. The summed E-state index contributed by atoms with van der Waals surface area (Å²) in [5, 5.41) is 11.5. The lowest BCUT2D eigenvalue weighted by Crippen LogP contribution is -2.37. The molecule has 0 radical (unpaired) electrons. The number of Topliss-reactive ketones (excluding diaryl/α,β-unsaturated/α-hetero) is 1. The van der Waals surface area contributed by atoms with Crippen LogP contribution in [-0.4, -0.2) is 27.9 Å². The maximum Gasteiger partial charge on any atom is 0.305 e. The molecule has 0 aliphatic rings. The molecule has 5 heteroatoms. The molecule has 2 N–H and O–H groups in total. The SMILES string of the molecule is CC(=O)C(CC(=O)O)NCc1ccccn1. The van der Waals surface area contributed by atoms with Crippen molar-refractivity contribution < 1.29 is 14.7 Å². The zero-order valence-electron chi connectivity index (χ0n) is 9.01. The Balaban J connectivity index is 2.50. The van der Waals surface area contributed by atoms with Crippen LogP contribution < -0.4 is 5.32 Å². The van der Waals surface area contributed by atoms with E-state index in [1.807, 2.05) is 12.1 Å². The number of hydrogen-bond donors (Lipinski definition) is 2. The lowest BCUT2D eigenvalue weighted by molar-refractivity contribution is -0.139. The lowest BCUT2D eigenvalue weighted by Gasteiger charge is -2.12. The second-order valence-corrected chi connectivity index (χ2v) is 3.46. The summed E-state index contributed by atoms with van der Waals surface area (Å²) in [6.45, 7) is 1.76. The van der Waals surface area contributed by atoms with Gasteiger partial charge in [0.25, 0.3) is 0 Å². The van der Waals surface area contributed by atoms with Crippen LogP contribution >= 0.6 is 0 Å². The van der Waals surface area contributed by atoms with Crippen molar-refractivity contribution in [3.63, 3.8) is 0 Å². The second kappa shape index (κ2) is 5.97. The Hall–Kier alpha value is -1.75. The van der Waals surface area contributed by atoms with E-state index in [9.17, 15) is 9.59 Å². The van der Waals surface area contributed by atoms with E-state index in [-0.39, 0.29) is 12.2 Å². The predicted molar refractivity (Wildman–Crippen MR) is 57.8 cm³/mol. The molecule has 0 fully saturated rings. The molecule has 0 spiro atoms. The number of ketones is 1. The van der Waals surface area contributed by atoms with E-state index in [0.29, 0.717) is 6.54 Å². The Kier molecular flexibility index (Phi) is 4.60. The standard InChI is InChI=1S/C11H14N2O3/c1-8(14)10(6-11(15)16)13-7-9-4-2-3-5-12-9/h2-5,10,13H,6-7H2,1H3,(H,15,16). The summed E-state index contributed by atoms with van der Waals surface area (Å²) in [5.41, 5.74) is 0.777. The fourth-order valence-corrected chi connectivity index (χ4v) is 1.26. The molecular formula is C11H14N2O3. The molecule has 1 aromatic heterocycles. The van der Waals surface area contributed by atoms with Crippen molar-refractivity contribution >= 4 is 11.8 Å². The van der Waals surface area contributed by atoms with E-state index >= 15 is 0 Å². The van der Waals surface area contributed by atoms with Gasteiger partial charge in [-0.1, -0.05) is 6.07 Å². The largest absolute Gasteiger partial charge is 0.481 e. The van der Waals surface area contributed by atoms with Gasteiger partial charge in [-0.3, -0.25) is 14.6 Å². The Labute approximate surface area is 93.5 Å². The van der Waals surface area contributed by atoms with Crippen molar-refractivity contribution in [2.75, 3.05) is 0 Å². The minimum Gasteiger partial charge on any atom is -0.481 e. The van der Waals surface area contributed by atoms with E-state index in [1.54, 1.807) is 12.3 Å². The van der Waals surface area contributed by atoms with E-state index in [0.717, 1.165) is 5.69 Å². The maximum absolute atomic E-state index is 11.2. The van der Waals surface area contributed by atoms with Crippen LogP contribution in [0.25, 0.3) is 0 Å². The number of carbonyl (C=O) groups is 2. The molecule has 1 atom stereocenters. The van der Waals surface area contributed by atoms with Gasteiger partial charge in [-0.05, 0) is 19.1 Å². The highest BCUT2D eigenvalue weighted by Gasteiger charge is 2.17. The van der Waals surface area contributed by atoms with Gasteiger partial charge >= 0.3 is 5.97 Å². The average molecular weight is 222 g/mol. The second-order valence-electron chi connectivity index (χ2n) is 3.46. The number of aliphatic carboxylic acids is 1. The molecule has 0 amide bonds. The third kappa shape index (κ3) is 4.18. The summed E-state index contributed by atoms with van der Waals surface area (Å²) in [6, 6.07) is 4.79. The summed E-state index contributed by atoms with van der Waals surface area (Å²) < 4.78 is 0. The molecule has 1 aromatic rings. The molecule has 0 aliphatic heterocycles. The first-order valence-electron chi connectivity index (χ1n) is 4.95. The molecule has 0 aromatic carbocycles. The van der Waals surface area contributed by atoms with Crippen LogP contribution in [0, 0.1) is 0 Å². The van der Waals surface area contributed by atoms with Gasteiger partial charge < -0.3 is 10.4 Å². The van der Waals surface area contributed by atoms with Gasteiger partial charge in [0.1, 0.15) is 5.78 Å². The number of nitrogens with zero attached hydrogens (tertiary/aromatic N) is 1. The summed E-state index contributed by atoms with van der Waals surface area (Å²) in [7, 11) is 0. The van der Waals surface area contributed by atoms with Gasteiger partial charge in [-0.15, -0.1) is 0 Å². The van der Waals surface area contributed by atoms with E-state index < -0.39 is 12.0 Å². The quantitative estimate of drug-likeness (QED) is 0.737. The molecular weight excluding hydrogens is 208 g/mol. The predicted octanol–water partition coefficient (Wildman–Crippen LogP) is 0.603. The monoisotopic (exact) mass is 222 g/mol. The van der Waals surface area contributed by atoms with Crippen molar-refractivity contribution in [2.45, 2.75) is 25.9 Å². The van der Waals surface area contributed by atoms with Crippen molar-refractivity contribution in [2.24, 2.45) is 0 Å². The molecule has 16 heavy (non-hydrogen) atoms. The van der Waals surface area contributed by atoms with Crippen LogP contribution in [0.2, 0.25) is 0 Å². The topological polar surface area (TPSA) is 79.3 Å². The molecule has 0 saturated carbocycles. The normalized spacial score (nSPS) is 12.1.